The molecule has 1 rings (SSSR count). The van der Waals surface area contributed by atoms with E-state index in [-0.39, 0.29) is 7.48 Å². The number of nitriles is 2. The van der Waals surface area contributed by atoms with Gasteiger partial charge in [-0.25, -0.2) is 0 Å². The predicted octanol–water partition coefficient (Wildman–Crippen LogP) is 0.973. The van der Waals surface area contributed by atoms with Crippen molar-refractivity contribution in [1.29, 1.82) is 10.5 Å². The molecule has 0 saturated heterocycles. The van der Waals surface area contributed by atoms with Gasteiger partial charge in [-0.3, -0.25) is 0 Å². The van der Waals surface area contributed by atoms with Gasteiger partial charge in [0.25, 0.3) is 0 Å². The van der Waals surface area contributed by atoms with Crippen LogP contribution < -0.4 is 5.46 Å². The molecule has 0 aliphatic carbocycles. The third-order valence-electron chi connectivity index (χ3n) is 3.32. The maximum absolute atomic E-state index is 10.00. The molecule has 1 N–H and O–H groups in total. The number of benzene rings is 1. The molecule has 0 atom stereocenters. The van der Waals surface area contributed by atoms with Crippen molar-refractivity contribution in [2.75, 3.05) is 0 Å². The maximum atomic E-state index is 10.00. The molecule has 0 aromatic heterocycles. The number of aliphatic hydroxyl groups is 1. The standard InChI is InChI=1S/C14H17BN2O2/c1-13(2,18)14(3,4)19-15-12-6-10(8-16)5-11(7-12)9-17/h5-7,15,18H,1-4H3. The van der Waals surface area contributed by atoms with Gasteiger partial charge in [-0.15, -0.1) is 0 Å². The Balaban J connectivity index is 2.91. The molecular weight excluding hydrogens is 239 g/mol. The van der Waals surface area contributed by atoms with Crippen LogP contribution in [0.25, 0.3) is 0 Å². The molecule has 0 amide bonds. The monoisotopic (exact) mass is 256 g/mol. The van der Waals surface area contributed by atoms with Gasteiger partial charge < -0.3 is 9.76 Å². The third-order valence-corrected chi connectivity index (χ3v) is 3.32. The van der Waals surface area contributed by atoms with Gasteiger partial charge in [0.15, 0.2) is 0 Å². The zero-order valence-corrected chi connectivity index (χ0v) is 11.7. The van der Waals surface area contributed by atoms with Crippen molar-refractivity contribution in [1.82, 2.24) is 0 Å². The van der Waals surface area contributed by atoms with Crippen LogP contribution >= 0.6 is 0 Å². The van der Waals surface area contributed by atoms with Crippen molar-refractivity contribution in [3.63, 3.8) is 0 Å². The predicted molar refractivity (Wildman–Crippen MR) is 74.1 cm³/mol. The van der Waals surface area contributed by atoms with E-state index in [4.69, 9.17) is 15.2 Å². The molecule has 4 nitrogen and oxygen atoms in total. The molecule has 1 aromatic rings. The molecule has 0 unspecified atom stereocenters. The molecule has 98 valence electrons. The van der Waals surface area contributed by atoms with Gasteiger partial charge in [-0.05, 0) is 45.9 Å². The quantitative estimate of drug-likeness (QED) is 0.814. The minimum atomic E-state index is -0.988. The summed E-state index contributed by atoms with van der Waals surface area (Å²) in [5, 5.41) is 27.8. The van der Waals surface area contributed by atoms with E-state index in [0.29, 0.717) is 11.1 Å². The lowest BCUT2D eigenvalue weighted by Crippen LogP contribution is -2.49. The fraction of sp³-hybridized carbons (Fsp3) is 0.429. The fourth-order valence-corrected chi connectivity index (χ4v) is 1.34. The summed E-state index contributed by atoms with van der Waals surface area (Å²) in [5.74, 6) is 0. The van der Waals surface area contributed by atoms with Crippen LogP contribution in [0.1, 0.15) is 38.8 Å². The Morgan fingerprint density at radius 3 is 1.89 bits per heavy atom. The molecule has 0 bridgehead atoms. The first-order valence-corrected chi connectivity index (χ1v) is 6.00. The fourth-order valence-electron chi connectivity index (χ4n) is 1.34. The van der Waals surface area contributed by atoms with Crippen LogP contribution in [-0.2, 0) is 4.65 Å². The summed E-state index contributed by atoms with van der Waals surface area (Å²) in [6, 6.07) is 8.92. The van der Waals surface area contributed by atoms with E-state index in [0.717, 1.165) is 5.46 Å². The molecule has 0 fully saturated rings. The lowest BCUT2D eigenvalue weighted by Gasteiger charge is -2.37. The SMILES string of the molecule is CC(C)(O)C(C)(C)OBc1cc(C#N)cc(C#N)c1. The van der Waals surface area contributed by atoms with Crippen molar-refractivity contribution < 1.29 is 9.76 Å². The van der Waals surface area contributed by atoms with Crippen LogP contribution in [0, 0.1) is 22.7 Å². The summed E-state index contributed by atoms with van der Waals surface area (Å²) in [6.07, 6.45) is 0. The van der Waals surface area contributed by atoms with Crippen molar-refractivity contribution >= 4 is 12.9 Å². The lowest BCUT2D eigenvalue weighted by molar-refractivity contribution is -0.0893. The lowest BCUT2D eigenvalue weighted by atomic mass is 9.81. The second-order valence-electron chi connectivity index (χ2n) is 5.50. The molecule has 0 aliphatic rings. The Morgan fingerprint density at radius 1 is 1.05 bits per heavy atom. The van der Waals surface area contributed by atoms with Gasteiger partial charge >= 0.3 is 7.48 Å². The molecular formula is C14H17BN2O2. The van der Waals surface area contributed by atoms with Gasteiger partial charge in [-0.1, -0.05) is 5.46 Å². The van der Waals surface area contributed by atoms with Gasteiger partial charge in [0.05, 0.1) is 34.5 Å². The molecule has 0 aliphatic heterocycles. The average Bonchev–Trinajstić information content (AvgIpc) is 2.34. The highest BCUT2D eigenvalue weighted by molar-refractivity contribution is 6.47. The Labute approximate surface area is 114 Å². The normalized spacial score (nSPS) is 11.5. The van der Waals surface area contributed by atoms with Crippen molar-refractivity contribution in [2.24, 2.45) is 0 Å². The maximum Gasteiger partial charge on any atom is 0.309 e. The molecule has 1 aromatic carbocycles. The highest BCUT2D eigenvalue weighted by Crippen LogP contribution is 2.24. The van der Waals surface area contributed by atoms with Gasteiger partial charge in [0.1, 0.15) is 0 Å². The minimum absolute atomic E-state index is 0.237. The van der Waals surface area contributed by atoms with Gasteiger partial charge in [0, 0.05) is 0 Å². The van der Waals surface area contributed by atoms with Crippen LogP contribution in [0.3, 0.4) is 0 Å². The third kappa shape index (κ3) is 3.82. The van der Waals surface area contributed by atoms with E-state index in [1.54, 1.807) is 39.8 Å². The minimum Gasteiger partial charge on any atom is -0.427 e. The van der Waals surface area contributed by atoms with Crippen LogP contribution in [0.15, 0.2) is 18.2 Å². The van der Waals surface area contributed by atoms with Crippen molar-refractivity contribution in [3.8, 4) is 12.1 Å². The molecule has 19 heavy (non-hydrogen) atoms. The number of hydrogen-bond donors (Lipinski definition) is 1. The van der Waals surface area contributed by atoms with Gasteiger partial charge in [-0.2, -0.15) is 10.5 Å². The zero-order valence-electron chi connectivity index (χ0n) is 11.7. The van der Waals surface area contributed by atoms with Crippen molar-refractivity contribution in [3.05, 3.63) is 29.3 Å². The molecule has 0 radical (unpaired) electrons. The largest absolute Gasteiger partial charge is 0.427 e. The topological polar surface area (TPSA) is 77.0 Å². The second-order valence-corrected chi connectivity index (χ2v) is 5.50. The Kier molecular flexibility index (Phi) is 4.37. The van der Waals surface area contributed by atoms with E-state index in [1.807, 2.05) is 12.1 Å². The Morgan fingerprint density at radius 2 is 1.53 bits per heavy atom. The number of nitrogens with zero attached hydrogens (tertiary/aromatic N) is 2. The summed E-state index contributed by atoms with van der Waals surface area (Å²) in [4.78, 5) is 0. The van der Waals surface area contributed by atoms with Crippen LogP contribution in [0.5, 0.6) is 0 Å². The molecule has 0 saturated carbocycles. The first-order valence-electron chi connectivity index (χ1n) is 6.00. The molecule has 0 heterocycles. The van der Waals surface area contributed by atoms with E-state index >= 15 is 0 Å². The smallest absolute Gasteiger partial charge is 0.309 e. The highest BCUT2D eigenvalue weighted by atomic mass is 16.5. The number of hydrogen-bond acceptors (Lipinski definition) is 4. The zero-order chi connectivity index (χ0) is 14.7. The molecule has 5 heteroatoms. The molecule has 0 spiro atoms. The highest BCUT2D eigenvalue weighted by Gasteiger charge is 2.35. The van der Waals surface area contributed by atoms with E-state index in [2.05, 4.69) is 0 Å². The van der Waals surface area contributed by atoms with Gasteiger partial charge in [0.2, 0.25) is 0 Å². The first kappa shape index (κ1) is 15.2. The van der Waals surface area contributed by atoms with Crippen molar-refractivity contribution in [2.45, 2.75) is 38.9 Å². The average molecular weight is 256 g/mol. The van der Waals surface area contributed by atoms with E-state index < -0.39 is 11.2 Å². The summed E-state index contributed by atoms with van der Waals surface area (Å²) < 4.78 is 5.71. The van der Waals surface area contributed by atoms with E-state index in [1.165, 1.54) is 6.07 Å². The second kappa shape index (κ2) is 5.44. The number of rotatable bonds is 4. The van der Waals surface area contributed by atoms with Crippen LogP contribution in [0.2, 0.25) is 0 Å². The first-order chi connectivity index (χ1) is 8.69. The van der Waals surface area contributed by atoms with E-state index in [9.17, 15) is 5.11 Å². The Hall–Kier alpha value is -1.82. The summed E-state index contributed by atoms with van der Waals surface area (Å²) >= 11 is 0. The van der Waals surface area contributed by atoms with Crippen LogP contribution in [-0.4, -0.2) is 23.8 Å². The summed E-state index contributed by atoms with van der Waals surface area (Å²) in [7, 11) is 0.237. The summed E-state index contributed by atoms with van der Waals surface area (Å²) in [6.45, 7) is 6.96. The summed E-state index contributed by atoms with van der Waals surface area (Å²) in [5.41, 5.74) is -0.120. The van der Waals surface area contributed by atoms with Crippen LogP contribution in [0.4, 0.5) is 0 Å². The Bertz CT molecular complexity index is 516.